The number of amides is 1. The molecule has 0 aliphatic carbocycles. The number of rotatable bonds is 3. The van der Waals surface area contributed by atoms with Crippen molar-refractivity contribution in [2.75, 3.05) is 11.5 Å². The second-order valence-electron chi connectivity index (χ2n) is 5.08. The molecule has 7 heteroatoms. The average Bonchev–Trinajstić information content (AvgIpc) is 3.17. The number of carbonyl (C=O) groups excluding carboxylic acids is 1. The van der Waals surface area contributed by atoms with Crippen LogP contribution in [-0.2, 0) is 0 Å². The van der Waals surface area contributed by atoms with Gasteiger partial charge in [-0.1, -0.05) is 6.07 Å². The zero-order valence-electron chi connectivity index (χ0n) is 11.6. The van der Waals surface area contributed by atoms with Crippen LogP contribution in [0.2, 0.25) is 0 Å². The van der Waals surface area contributed by atoms with Crippen LogP contribution >= 0.6 is 11.8 Å². The highest BCUT2D eigenvalue weighted by molar-refractivity contribution is 7.99. The zero-order valence-corrected chi connectivity index (χ0v) is 12.4. The quantitative estimate of drug-likeness (QED) is 0.942. The Morgan fingerprint density at radius 2 is 2.36 bits per heavy atom. The molecule has 1 aromatic carbocycles. The van der Waals surface area contributed by atoms with Crippen LogP contribution in [0.3, 0.4) is 0 Å². The third-order valence-corrected chi connectivity index (χ3v) is 4.67. The van der Waals surface area contributed by atoms with Gasteiger partial charge in [0.15, 0.2) is 5.69 Å². The maximum absolute atomic E-state index is 13.2. The highest BCUT2D eigenvalue weighted by Gasteiger charge is 2.36. The molecular weight excluding hydrogens is 303 g/mol. The predicted molar refractivity (Wildman–Crippen MR) is 81.3 cm³/mol. The van der Waals surface area contributed by atoms with Crippen molar-refractivity contribution in [3.63, 3.8) is 0 Å². The monoisotopic (exact) mass is 316 g/mol. The fraction of sp³-hybridized carbons (Fsp3) is 0.267. The number of thioether (sulfide) groups is 1. The highest BCUT2D eigenvalue weighted by Crippen LogP contribution is 2.27. The van der Waals surface area contributed by atoms with Crippen molar-refractivity contribution in [2.45, 2.75) is 12.0 Å². The molecule has 1 saturated heterocycles. The molecule has 0 saturated carbocycles. The molecule has 0 bridgehead atoms. The van der Waals surface area contributed by atoms with Crippen molar-refractivity contribution in [2.24, 2.45) is 0 Å². The second-order valence-corrected chi connectivity index (χ2v) is 6.18. The van der Waals surface area contributed by atoms with Crippen LogP contribution in [0, 0.1) is 17.1 Å². The molecule has 1 atom stereocenters. The van der Waals surface area contributed by atoms with E-state index in [2.05, 4.69) is 16.5 Å². The number of benzene rings is 1. The fourth-order valence-electron chi connectivity index (χ4n) is 2.27. The molecule has 0 radical (unpaired) electrons. The lowest BCUT2D eigenvalue weighted by atomic mass is 10.0. The number of nitrogens with one attached hydrogen (secondary N) is 1. The van der Waals surface area contributed by atoms with Gasteiger partial charge in [0.25, 0.3) is 5.91 Å². The van der Waals surface area contributed by atoms with Crippen LogP contribution in [0.4, 0.5) is 4.39 Å². The Morgan fingerprint density at radius 1 is 1.50 bits per heavy atom. The first-order valence-corrected chi connectivity index (χ1v) is 7.90. The van der Waals surface area contributed by atoms with Gasteiger partial charge in [-0.2, -0.15) is 22.1 Å². The maximum atomic E-state index is 13.2. The molecule has 1 aromatic heterocycles. The Kier molecular flexibility index (Phi) is 3.86. The summed E-state index contributed by atoms with van der Waals surface area (Å²) in [6, 6.07) is 9.68. The van der Waals surface area contributed by atoms with Gasteiger partial charge in [0.1, 0.15) is 11.4 Å². The van der Waals surface area contributed by atoms with Gasteiger partial charge in [0, 0.05) is 11.9 Å². The Bertz CT molecular complexity index is 746. The summed E-state index contributed by atoms with van der Waals surface area (Å²) in [4.78, 5) is 12.3. The van der Waals surface area contributed by atoms with E-state index in [0.29, 0.717) is 17.9 Å². The topological polar surface area (TPSA) is 70.7 Å². The summed E-state index contributed by atoms with van der Waals surface area (Å²) in [5, 5.41) is 16.2. The number of carbonyl (C=O) groups is 1. The number of nitrogens with zero attached hydrogens (tertiary/aromatic N) is 3. The van der Waals surface area contributed by atoms with Gasteiger partial charge in [-0.05, 0) is 36.4 Å². The number of nitriles is 1. The summed E-state index contributed by atoms with van der Waals surface area (Å²) in [5.74, 6) is 0.676. The van der Waals surface area contributed by atoms with Crippen LogP contribution in [0.25, 0.3) is 5.69 Å². The summed E-state index contributed by atoms with van der Waals surface area (Å²) in [6.45, 7) is 0. The van der Waals surface area contributed by atoms with Crippen LogP contribution in [0.1, 0.15) is 16.9 Å². The molecule has 5 nitrogen and oxygen atoms in total. The Hall–Kier alpha value is -2.33. The van der Waals surface area contributed by atoms with Crippen LogP contribution in [0.15, 0.2) is 36.5 Å². The molecule has 2 aromatic rings. The minimum atomic E-state index is -0.815. The molecule has 1 N–H and O–H groups in total. The van der Waals surface area contributed by atoms with E-state index < -0.39 is 5.54 Å². The molecule has 112 valence electrons. The molecule has 2 heterocycles. The van der Waals surface area contributed by atoms with E-state index in [4.69, 9.17) is 0 Å². The Morgan fingerprint density at radius 3 is 3.05 bits per heavy atom. The molecule has 1 amide bonds. The molecule has 1 aliphatic rings. The normalized spacial score (nSPS) is 20.5. The molecule has 22 heavy (non-hydrogen) atoms. The molecule has 0 spiro atoms. The van der Waals surface area contributed by atoms with Gasteiger partial charge in [-0.3, -0.25) is 4.79 Å². The zero-order chi connectivity index (χ0) is 15.6. The SMILES string of the molecule is N#CC1(NC(=O)c2ccn(-c3cccc(F)c3)n2)CCSC1. The summed E-state index contributed by atoms with van der Waals surface area (Å²) < 4.78 is 14.7. The largest absolute Gasteiger partial charge is 0.332 e. The van der Waals surface area contributed by atoms with E-state index in [1.807, 2.05) is 0 Å². The van der Waals surface area contributed by atoms with Crippen molar-refractivity contribution >= 4 is 17.7 Å². The highest BCUT2D eigenvalue weighted by atomic mass is 32.2. The van der Waals surface area contributed by atoms with E-state index in [0.717, 1.165) is 5.75 Å². The number of hydrogen-bond acceptors (Lipinski definition) is 4. The van der Waals surface area contributed by atoms with Gasteiger partial charge >= 0.3 is 0 Å². The van der Waals surface area contributed by atoms with E-state index >= 15 is 0 Å². The predicted octanol–water partition coefficient (Wildman–Crippen LogP) is 2.14. The van der Waals surface area contributed by atoms with Gasteiger partial charge < -0.3 is 5.32 Å². The van der Waals surface area contributed by atoms with Crippen molar-refractivity contribution in [1.29, 1.82) is 5.26 Å². The van der Waals surface area contributed by atoms with Crippen molar-refractivity contribution < 1.29 is 9.18 Å². The lowest BCUT2D eigenvalue weighted by Gasteiger charge is -2.20. The van der Waals surface area contributed by atoms with Crippen molar-refractivity contribution in [3.05, 3.63) is 48.0 Å². The lowest BCUT2D eigenvalue weighted by molar-refractivity contribution is 0.0920. The summed E-state index contributed by atoms with van der Waals surface area (Å²) in [5.41, 5.74) is -0.0778. The third-order valence-electron chi connectivity index (χ3n) is 3.48. The Balaban J connectivity index is 1.79. The smallest absolute Gasteiger partial charge is 0.273 e. The lowest BCUT2D eigenvalue weighted by Crippen LogP contribution is -2.47. The fourth-order valence-corrected chi connectivity index (χ4v) is 3.54. The number of aromatic nitrogens is 2. The van der Waals surface area contributed by atoms with E-state index in [9.17, 15) is 14.4 Å². The van der Waals surface area contributed by atoms with Crippen LogP contribution < -0.4 is 5.32 Å². The molecule has 3 rings (SSSR count). The molecule has 1 unspecified atom stereocenters. The van der Waals surface area contributed by atoms with Gasteiger partial charge in [-0.15, -0.1) is 0 Å². The second kappa shape index (κ2) is 5.81. The van der Waals surface area contributed by atoms with Crippen molar-refractivity contribution in [3.8, 4) is 11.8 Å². The summed E-state index contributed by atoms with van der Waals surface area (Å²) in [6.07, 6.45) is 2.22. The van der Waals surface area contributed by atoms with E-state index in [-0.39, 0.29) is 17.4 Å². The standard InChI is InChI=1S/C15H13FN4OS/c16-11-2-1-3-12(8-11)20-6-4-13(19-20)14(21)18-15(9-17)5-7-22-10-15/h1-4,6,8H,5,7,10H2,(H,18,21). The Labute approximate surface area is 131 Å². The summed E-state index contributed by atoms with van der Waals surface area (Å²) in [7, 11) is 0. The maximum Gasteiger partial charge on any atom is 0.273 e. The van der Waals surface area contributed by atoms with Gasteiger partial charge in [0.2, 0.25) is 0 Å². The molecule has 1 fully saturated rings. The van der Waals surface area contributed by atoms with Crippen molar-refractivity contribution in [1.82, 2.24) is 15.1 Å². The van der Waals surface area contributed by atoms with Crippen LogP contribution in [-0.4, -0.2) is 32.7 Å². The number of halogens is 1. The van der Waals surface area contributed by atoms with E-state index in [1.165, 1.54) is 16.8 Å². The van der Waals surface area contributed by atoms with Gasteiger partial charge in [0.05, 0.1) is 11.8 Å². The third kappa shape index (κ3) is 2.83. The molecule has 1 aliphatic heterocycles. The first-order chi connectivity index (χ1) is 10.6. The number of hydrogen-bond donors (Lipinski definition) is 1. The van der Waals surface area contributed by atoms with Crippen LogP contribution in [0.5, 0.6) is 0 Å². The average molecular weight is 316 g/mol. The van der Waals surface area contributed by atoms with E-state index in [1.54, 1.807) is 36.2 Å². The first-order valence-electron chi connectivity index (χ1n) is 6.75. The van der Waals surface area contributed by atoms with Gasteiger partial charge in [-0.25, -0.2) is 9.07 Å². The molecular formula is C15H13FN4OS. The minimum absolute atomic E-state index is 0.204. The summed E-state index contributed by atoms with van der Waals surface area (Å²) >= 11 is 1.64. The first kappa shape index (κ1) is 14.6. The minimum Gasteiger partial charge on any atom is -0.332 e.